The lowest BCUT2D eigenvalue weighted by atomic mass is 9.77. The van der Waals surface area contributed by atoms with E-state index in [4.69, 9.17) is 9.47 Å². The van der Waals surface area contributed by atoms with Crippen LogP contribution in [0.3, 0.4) is 0 Å². The van der Waals surface area contributed by atoms with Crippen LogP contribution >= 0.6 is 0 Å². The maximum Gasteiger partial charge on any atom is 0.419 e. The van der Waals surface area contributed by atoms with Crippen molar-refractivity contribution >= 4 is 21.8 Å². The van der Waals surface area contributed by atoms with E-state index in [2.05, 4.69) is 0 Å². The van der Waals surface area contributed by atoms with Gasteiger partial charge in [0, 0.05) is 0 Å². The van der Waals surface area contributed by atoms with Gasteiger partial charge in [0.1, 0.15) is 34.1 Å². The molecule has 1 aliphatic rings. The Bertz CT molecular complexity index is 1050. The van der Waals surface area contributed by atoms with Crippen LogP contribution in [-0.4, -0.2) is 32.6 Å². The Morgan fingerprint density at radius 3 is 2.22 bits per heavy atom. The summed E-state index contributed by atoms with van der Waals surface area (Å²) < 4.78 is 64.0. The van der Waals surface area contributed by atoms with Crippen molar-refractivity contribution in [2.45, 2.75) is 57.0 Å². The second-order valence-corrected chi connectivity index (χ2v) is 10.6. The number of alkyl halides is 3. The fourth-order valence-corrected chi connectivity index (χ4v) is 4.78. The zero-order chi connectivity index (χ0) is 24.1. The number of carbonyl (C=O) groups excluding carboxylic acids is 2. The van der Waals surface area contributed by atoms with Gasteiger partial charge in [-0.05, 0) is 68.7 Å². The second kappa shape index (κ2) is 8.11. The molecule has 1 saturated heterocycles. The van der Waals surface area contributed by atoms with Crippen LogP contribution in [-0.2, 0) is 26.9 Å². The molecule has 0 saturated carbocycles. The molecule has 2 aromatic rings. The minimum Gasteiger partial charge on any atom is -0.457 e. The second-order valence-electron chi connectivity index (χ2n) is 8.74. The molecule has 0 amide bonds. The highest BCUT2D eigenvalue weighted by molar-refractivity contribution is 6.33. The average molecular weight is 469 g/mol. The van der Waals surface area contributed by atoms with Crippen LogP contribution in [0.2, 0.25) is 0 Å². The van der Waals surface area contributed by atoms with E-state index < -0.39 is 34.3 Å². The van der Waals surface area contributed by atoms with E-state index in [1.165, 1.54) is 12.1 Å². The van der Waals surface area contributed by atoms with Gasteiger partial charge in [0.25, 0.3) is 0 Å². The van der Waals surface area contributed by atoms with Gasteiger partial charge in [0.15, 0.2) is 11.6 Å². The maximum absolute atomic E-state index is 13.6. The SMILES string of the molecule is CCc1ccc(Oc2ccc(F)c(C(F)(F)F)c2)cc1C1C(=O)C(C)(C)OC(C)([SiH3])C1=O. The van der Waals surface area contributed by atoms with Gasteiger partial charge in [-0.2, -0.15) is 13.2 Å². The number of aryl methyl sites for hydroxylation is 1. The lowest BCUT2D eigenvalue weighted by Crippen LogP contribution is -2.59. The molecular weight excluding hydrogens is 444 g/mol. The van der Waals surface area contributed by atoms with Crippen LogP contribution in [0.15, 0.2) is 36.4 Å². The molecule has 1 fully saturated rings. The molecule has 1 heterocycles. The highest BCUT2D eigenvalue weighted by atomic mass is 28.1. The van der Waals surface area contributed by atoms with Crippen molar-refractivity contribution in [2.75, 3.05) is 0 Å². The van der Waals surface area contributed by atoms with E-state index in [0.29, 0.717) is 34.4 Å². The fraction of sp³-hybridized carbons (Fsp3) is 0.391. The summed E-state index contributed by atoms with van der Waals surface area (Å²) in [5.74, 6) is -3.29. The van der Waals surface area contributed by atoms with Crippen LogP contribution in [0.25, 0.3) is 0 Å². The van der Waals surface area contributed by atoms with E-state index in [1.807, 2.05) is 6.92 Å². The number of benzene rings is 2. The largest absolute Gasteiger partial charge is 0.457 e. The number of ether oxygens (including phenoxy) is 2. The van der Waals surface area contributed by atoms with Gasteiger partial charge in [-0.3, -0.25) is 9.59 Å². The van der Waals surface area contributed by atoms with Crippen molar-refractivity contribution in [3.63, 3.8) is 0 Å². The van der Waals surface area contributed by atoms with E-state index >= 15 is 0 Å². The predicted molar refractivity (Wildman–Crippen MR) is 114 cm³/mol. The van der Waals surface area contributed by atoms with Gasteiger partial charge >= 0.3 is 6.18 Å². The zero-order valence-electron chi connectivity index (χ0n) is 18.4. The number of hydrogen-bond donors (Lipinski definition) is 0. The van der Waals surface area contributed by atoms with Crippen LogP contribution in [0.1, 0.15) is 50.3 Å². The standard InChI is InChI=1S/C23H24F4O4Si/c1-5-12-6-7-13(30-14-8-9-17(24)16(11-14)23(25,26)27)10-15(12)18-19(28)21(2,3)31-22(4,32)20(18)29/h6-11,18H,5H2,1-4,32H3. The Morgan fingerprint density at radius 1 is 1.03 bits per heavy atom. The molecule has 9 heteroatoms. The van der Waals surface area contributed by atoms with Gasteiger partial charge in [-0.25, -0.2) is 4.39 Å². The van der Waals surface area contributed by atoms with Crippen LogP contribution < -0.4 is 4.74 Å². The number of carbonyl (C=O) groups is 2. The highest BCUT2D eigenvalue weighted by Gasteiger charge is 2.53. The molecule has 1 aliphatic heterocycles. The smallest absolute Gasteiger partial charge is 0.419 e. The van der Waals surface area contributed by atoms with Gasteiger partial charge in [0.05, 0.1) is 15.8 Å². The number of ketones is 2. The first kappa shape index (κ1) is 24.1. The summed E-state index contributed by atoms with van der Waals surface area (Å²) in [5.41, 5.74) is -1.43. The summed E-state index contributed by atoms with van der Waals surface area (Å²) in [5, 5.41) is -1.07. The summed E-state index contributed by atoms with van der Waals surface area (Å²) in [4.78, 5) is 26.3. The molecule has 0 N–H and O–H groups in total. The molecule has 0 bridgehead atoms. The Morgan fingerprint density at radius 2 is 1.62 bits per heavy atom. The molecule has 172 valence electrons. The quantitative estimate of drug-likeness (QED) is 0.381. The Kier molecular flexibility index (Phi) is 6.12. The molecule has 0 radical (unpaired) electrons. The molecule has 3 rings (SSSR count). The van der Waals surface area contributed by atoms with Gasteiger partial charge < -0.3 is 9.47 Å². The summed E-state index contributed by atoms with van der Waals surface area (Å²) in [6, 6.07) is 7.05. The minimum absolute atomic E-state index is 0.136. The average Bonchev–Trinajstić information content (AvgIpc) is 2.67. The molecule has 2 atom stereocenters. The Balaban J connectivity index is 2.05. The topological polar surface area (TPSA) is 52.6 Å². The van der Waals surface area contributed by atoms with Crippen molar-refractivity contribution in [2.24, 2.45) is 0 Å². The van der Waals surface area contributed by atoms with Crippen molar-refractivity contribution < 1.29 is 36.6 Å². The zero-order valence-corrected chi connectivity index (χ0v) is 20.4. The highest BCUT2D eigenvalue weighted by Crippen LogP contribution is 2.40. The van der Waals surface area contributed by atoms with Crippen LogP contribution in [0, 0.1) is 5.82 Å². The maximum atomic E-state index is 13.6. The van der Waals surface area contributed by atoms with Crippen molar-refractivity contribution in [3.05, 3.63) is 58.9 Å². The summed E-state index contributed by atoms with van der Waals surface area (Å²) in [6.45, 7) is 6.77. The van der Waals surface area contributed by atoms with E-state index in [9.17, 15) is 27.2 Å². The third-order valence-electron chi connectivity index (χ3n) is 5.51. The fourth-order valence-electron chi connectivity index (χ4n) is 3.98. The van der Waals surface area contributed by atoms with Crippen molar-refractivity contribution in [1.82, 2.24) is 0 Å². The van der Waals surface area contributed by atoms with E-state index in [0.717, 1.165) is 11.6 Å². The van der Waals surface area contributed by atoms with Crippen LogP contribution in [0.5, 0.6) is 11.5 Å². The summed E-state index contributed by atoms with van der Waals surface area (Å²) in [7, 11) is 0.370. The van der Waals surface area contributed by atoms with E-state index in [1.54, 1.807) is 26.8 Å². The molecule has 4 nitrogen and oxygen atoms in total. The lowest BCUT2D eigenvalue weighted by molar-refractivity contribution is -0.174. The summed E-state index contributed by atoms with van der Waals surface area (Å²) in [6.07, 6.45) is -4.34. The van der Waals surface area contributed by atoms with Gasteiger partial charge in [0.2, 0.25) is 0 Å². The third-order valence-corrected chi connectivity index (χ3v) is 6.21. The first-order valence-electron chi connectivity index (χ1n) is 10.1. The molecule has 0 aromatic heterocycles. The normalized spacial score (nSPS) is 23.4. The molecule has 0 spiro atoms. The molecule has 2 unspecified atom stereocenters. The number of halogens is 4. The molecule has 2 aromatic carbocycles. The monoisotopic (exact) mass is 468 g/mol. The Hall–Kier alpha value is -2.52. The van der Waals surface area contributed by atoms with E-state index in [-0.39, 0.29) is 23.1 Å². The Labute approximate surface area is 186 Å². The number of rotatable bonds is 4. The van der Waals surface area contributed by atoms with Crippen molar-refractivity contribution in [1.29, 1.82) is 0 Å². The molecule has 32 heavy (non-hydrogen) atoms. The number of hydrogen-bond acceptors (Lipinski definition) is 4. The lowest BCUT2D eigenvalue weighted by Gasteiger charge is -2.43. The minimum atomic E-state index is -4.87. The molecular formula is C23H24F4O4Si. The van der Waals surface area contributed by atoms with Gasteiger partial charge in [-0.15, -0.1) is 0 Å². The number of Topliss-reactive ketones (excluding diaryl/α,β-unsaturated/α-hetero) is 2. The summed E-state index contributed by atoms with van der Waals surface area (Å²) >= 11 is 0. The first-order valence-corrected chi connectivity index (χ1v) is 11.1. The first-order chi connectivity index (χ1) is 14.7. The molecule has 0 aliphatic carbocycles. The van der Waals surface area contributed by atoms with Crippen LogP contribution in [0.4, 0.5) is 17.6 Å². The third kappa shape index (κ3) is 4.49. The predicted octanol–water partition coefficient (Wildman–Crippen LogP) is 4.31. The van der Waals surface area contributed by atoms with Crippen molar-refractivity contribution in [3.8, 4) is 11.5 Å². The van der Waals surface area contributed by atoms with Gasteiger partial charge in [-0.1, -0.05) is 13.0 Å².